The van der Waals surface area contributed by atoms with E-state index in [-0.39, 0.29) is 17.4 Å². The van der Waals surface area contributed by atoms with Crippen LogP contribution in [0.25, 0.3) is 0 Å². The summed E-state index contributed by atoms with van der Waals surface area (Å²) in [6.45, 7) is 0. The number of rotatable bonds is 0. The molecular weight excluding hydrogens is 188 g/mol. The van der Waals surface area contributed by atoms with Gasteiger partial charge in [-0.05, 0) is 25.2 Å². The molecule has 4 heteroatoms. The van der Waals surface area contributed by atoms with Gasteiger partial charge in [0.15, 0.2) is 9.84 Å². The van der Waals surface area contributed by atoms with Gasteiger partial charge in [-0.3, -0.25) is 0 Å². The molecule has 2 aliphatic rings. The largest absolute Gasteiger partial charge is 0.389 e. The summed E-state index contributed by atoms with van der Waals surface area (Å²) in [5.74, 6) is 0.523. The molecule has 1 heterocycles. The summed E-state index contributed by atoms with van der Waals surface area (Å²) >= 11 is 0. The van der Waals surface area contributed by atoms with Gasteiger partial charge in [0.2, 0.25) is 0 Å². The zero-order chi connectivity index (χ0) is 9.53. The highest BCUT2D eigenvalue weighted by atomic mass is 32.2. The van der Waals surface area contributed by atoms with Crippen LogP contribution in [0.2, 0.25) is 0 Å². The van der Waals surface area contributed by atoms with E-state index in [0.717, 1.165) is 19.3 Å². The average molecular weight is 204 g/mol. The highest BCUT2D eigenvalue weighted by Gasteiger charge is 2.45. The molecule has 76 valence electrons. The summed E-state index contributed by atoms with van der Waals surface area (Å²) in [4.78, 5) is 0. The molecule has 13 heavy (non-hydrogen) atoms. The van der Waals surface area contributed by atoms with E-state index in [1.54, 1.807) is 0 Å². The van der Waals surface area contributed by atoms with E-state index in [1.807, 2.05) is 0 Å². The second kappa shape index (κ2) is 2.95. The van der Waals surface area contributed by atoms with Crippen LogP contribution in [0.1, 0.15) is 32.1 Å². The Morgan fingerprint density at radius 3 is 2.77 bits per heavy atom. The molecule has 0 aromatic rings. The average Bonchev–Trinajstić information content (AvgIpc) is 2.00. The minimum absolute atomic E-state index is 0.00463. The number of hydrogen-bond donors (Lipinski definition) is 1. The smallest absolute Gasteiger partial charge is 0.153 e. The summed E-state index contributed by atoms with van der Waals surface area (Å²) < 4.78 is 22.7. The maximum atomic E-state index is 11.4. The van der Waals surface area contributed by atoms with Gasteiger partial charge in [0.05, 0.1) is 17.1 Å². The molecule has 2 fully saturated rings. The molecule has 2 unspecified atom stereocenters. The van der Waals surface area contributed by atoms with Gasteiger partial charge in [0, 0.05) is 0 Å². The topological polar surface area (TPSA) is 54.4 Å². The summed E-state index contributed by atoms with van der Waals surface area (Å²) in [5, 5.41) is 10.1. The normalized spacial score (nSPS) is 43.9. The molecule has 1 aliphatic heterocycles. The van der Waals surface area contributed by atoms with Crippen molar-refractivity contribution in [2.75, 3.05) is 11.5 Å². The van der Waals surface area contributed by atoms with Crippen molar-refractivity contribution in [1.29, 1.82) is 0 Å². The molecule has 1 saturated carbocycles. The van der Waals surface area contributed by atoms with Gasteiger partial charge in [-0.2, -0.15) is 0 Å². The lowest BCUT2D eigenvalue weighted by Gasteiger charge is -2.42. The van der Waals surface area contributed by atoms with E-state index >= 15 is 0 Å². The van der Waals surface area contributed by atoms with Crippen molar-refractivity contribution in [3.05, 3.63) is 0 Å². The lowest BCUT2D eigenvalue weighted by Crippen LogP contribution is -2.51. The molecule has 0 aromatic carbocycles. The molecule has 0 spiro atoms. The van der Waals surface area contributed by atoms with Gasteiger partial charge in [-0.15, -0.1) is 0 Å². The van der Waals surface area contributed by atoms with Crippen LogP contribution in [0.5, 0.6) is 0 Å². The second-order valence-electron chi connectivity index (χ2n) is 4.43. The zero-order valence-corrected chi connectivity index (χ0v) is 8.52. The number of hydrogen-bond acceptors (Lipinski definition) is 3. The first-order valence-electron chi connectivity index (χ1n) is 4.95. The predicted octanol–water partition coefficient (Wildman–Crippen LogP) is 0.726. The lowest BCUT2D eigenvalue weighted by atomic mass is 9.75. The SMILES string of the molecule is O=S1(=O)CCC2CCCCC2(O)C1. The highest BCUT2D eigenvalue weighted by molar-refractivity contribution is 7.91. The number of aliphatic hydroxyl groups is 1. The van der Waals surface area contributed by atoms with Crippen LogP contribution in [0, 0.1) is 5.92 Å². The monoisotopic (exact) mass is 204 g/mol. The maximum absolute atomic E-state index is 11.4. The standard InChI is InChI=1S/C9H16O3S/c10-9-5-2-1-3-8(9)4-6-13(11,12)7-9/h8,10H,1-7H2. The Hall–Kier alpha value is -0.0900. The van der Waals surface area contributed by atoms with Crippen molar-refractivity contribution >= 4 is 9.84 Å². The summed E-state index contributed by atoms with van der Waals surface area (Å²) in [6, 6.07) is 0. The highest BCUT2D eigenvalue weighted by Crippen LogP contribution is 2.40. The van der Waals surface area contributed by atoms with Crippen molar-refractivity contribution in [1.82, 2.24) is 0 Å². The van der Waals surface area contributed by atoms with Crippen LogP contribution in [-0.2, 0) is 9.84 Å². The quantitative estimate of drug-likeness (QED) is 0.632. The molecule has 1 aliphatic carbocycles. The molecule has 0 radical (unpaired) electrons. The third-order valence-electron chi connectivity index (χ3n) is 3.42. The number of fused-ring (bicyclic) bond motifs is 1. The summed E-state index contributed by atoms with van der Waals surface area (Å²) in [6.07, 6.45) is 4.47. The van der Waals surface area contributed by atoms with E-state index in [9.17, 15) is 13.5 Å². The first-order chi connectivity index (χ1) is 6.02. The minimum atomic E-state index is -2.96. The molecule has 2 rings (SSSR count). The van der Waals surface area contributed by atoms with Crippen LogP contribution in [0.3, 0.4) is 0 Å². The Morgan fingerprint density at radius 1 is 1.23 bits per heavy atom. The van der Waals surface area contributed by atoms with Gasteiger partial charge < -0.3 is 5.11 Å². The van der Waals surface area contributed by atoms with E-state index in [4.69, 9.17) is 0 Å². The molecule has 0 bridgehead atoms. The van der Waals surface area contributed by atoms with E-state index < -0.39 is 15.4 Å². The van der Waals surface area contributed by atoms with Crippen LogP contribution in [0.4, 0.5) is 0 Å². The van der Waals surface area contributed by atoms with Crippen molar-refractivity contribution in [3.8, 4) is 0 Å². The fraction of sp³-hybridized carbons (Fsp3) is 1.00. The maximum Gasteiger partial charge on any atom is 0.153 e. The fourth-order valence-corrected chi connectivity index (χ4v) is 4.60. The van der Waals surface area contributed by atoms with Crippen molar-refractivity contribution in [2.24, 2.45) is 5.92 Å². The molecule has 1 saturated heterocycles. The molecule has 3 nitrogen and oxygen atoms in total. The Labute approximate surface area is 79.1 Å². The Kier molecular flexibility index (Phi) is 2.15. The van der Waals surface area contributed by atoms with Gasteiger partial charge in [-0.1, -0.05) is 12.8 Å². The summed E-state index contributed by atoms with van der Waals surface area (Å²) in [7, 11) is -2.96. The van der Waals surface area contributed by atoms with Gasteiger partial charge in [0.1, 0.15) is 0 Å². The zero-order valence-electron chi connectivity index (χ0n) is 7.70. The second-order valence-corrected chi connectivity index (χ2v) is 6.61. The summed E-state index contributed by atoms with van der Waals surface area (Å²) in [5.41, 5.74) is -0.880. The molecule has 1 N–H and O–H groups in total. The van der Waals surface area contributed by atoms with Crippen molar-refractivity contribution in [2.45, 2.75) is 37.7 Å². The van der Waals surface area contributed by atoms with Crippen LogP contribution in [0.15, 0.2) is 0 Å². The predicted molar refractivity (Wildman–Crippen MR) is 50.2 cm³/mol. The minimum Gasteiger partial charge on any atom is -0.389 e. The first-order valence-corrected chi connectivity index (χ1v) is 6.77. The van der Waals surface area contributed by atoms with E-state index in [2.05, 4.69) is 0 Å². The Morgan fingerprint density at radius 2 is 2.00 bits per heavy atom. The van der Waals surface area contributed by atoms with Gasteiger partial charge in [-0.25, -0.2) is 8.42 Å². The van der Waals surface area contributed by atoms with E-state index in [0.29, 0.717) is 12.8 Å². The van der Waals surface area contributed by atoms with Crippen LogP contribution in [-0.4, -0.2) is 30.6 Å². The third kappa shape index (κ3) is 1.74. The van der Waals surface area contributed by atoms with Crippen molar-refractivity contribution < 1.29 is 13.5 Å². The molecule has 0 amide bonds. The van der Waals surface area contributed by atoms with Gasteiger partial charge in [0.25, 0.3) is 0 Å². The number of sulfone groups is 1. The third-order valence-corrected chi connectivity index (χ3v) is 5.22. The molecule has 0 aromatic heterocycles. The molecule has 2 atom stereocenters. The van der Waals surface area contributed by atoms with Crippen LogP contribution >= 0.6 is 0 Å². The molecular formula is C9H16O3S. The first kappa shape index (κ1) is 9.46. The Balaban J connectivity index is 2.22. The van der Waals surface area contributed by atoms with Gasteiger partial charge >= 0.3 is 0 Å². The van der Waals surface area contributed by atoms with Crippen molar-refractivity contribution in [3.63, 3.8) is 0 Å². The van der Waals surface area contributed by atoms with E-state index in [1.165, 1.54) is 0 Å². The fourth-order valence-electron chi connectivity index (χ4n) is 2.67. The van der Waals surface area contributed by atoms with Crippen LogP contribution < -0.4 is 0 Å². The Bertz CT molecular complexity index is 296. The lowest BCUT2D eigenvalue weighted by molar-refractivity contribution is -0.0335.